The van der Waals surface area contributed by atoms with E-state index in [4.69, 9.17) is 4.74 Å². The minimum absolute atomic E-state index is 0.426. The molecule has 0 spiro atoms. The van der Waals surface area contributed by atoms with Crippen molar-refractivity contribution in [2.45, 2.75) is 32.2 Å². The first kappa shape index (κ1) is 19.1. The lowest BCUT2D eigenvalue weighted by atomic mass is 9.94. The van der Waals surface area contributed by atoms with E-state index in [0.29, 0.717) is 11.7 Å². The van der Waals surface area contributed by atoms with Gasteiger partial charge in [-0.2, -0.15) is 10.1 Å². The van der Waals surface area contributed by atoms with E-state index in [-0.39, 0.29) is 0 Å². The number of rotatable bonds is 5. The molecule has 4 heterocycles. The summed E-state index contributed by atoms with van der Waals surface area (Å²) >= 11 is 1.76. The molecule has 1 fully saturated rings. The van der Waals surface area contributed by atoms with Crippen LogP contribution in [-0.2, 0) is 6.54 Å². The van der Waals surface area contributed by atoms with Crippen LogP contribution in [0.5, 0.6) is 5.75 Å². The highest BCUT2D eigenvalue weighted by atomic mass is 32.1. The second kappa shape index (κ2) is 8.12. The number of ether oxygens (including phenoxy) is 1. The molecule has 1 unspecified atom stereocenters. The summed E-state index contributed by atoms with van der Waals surface area (Å²) in [4.78, 5) is 17.2. The van der Waals surface area contributed by atoms with Crippen LogP contribution in [0.1, 0.15) is 35.0 Å². The Morgan fingerprint density at radius 2 is 2.17 bits per heavy atom. The van der Waals surface area contributed by atoms with E-state index >= 15 is 0 Å². The highest BCUT2D eigenvalue weighted by Crippen LogP contribution is 2.31. The fourth-order valence-electron chi connectivity index (χ4n) is 4.18. The van der Waals surface area contributed by atoms with Gasteiger partial charge in [0.2, 0.25) is 0 Å². The van der Waals surface area contributed by atoms with Gasteiger partial charge in [0.25, 0.3) is 5.78 Å². The third-order valence-electron chi connectivity index (χ3n) is 5.58. The van der Waals surface area contributed by atoms with Gasteiger partial charge in [0, 0.05) is 41.3 Å². The second-order valence-electron chi connectivity index (χ2n) is 7.73. The van der Waals surface area contributed by atoms with Crippen molar-refractivity contribution in [2.75, 3.05) is 20.2 Å². The van der Waals surface area contributed by atoms with E-state index in [9.17, 15) is 0 Å². The first-order chi connectivity index (χ1) is 14.7. The Bertz CT molecular complexity index is 1170. The molecule has 0 aliphatic carbocycles. The molecule has 154 valence electrons. The van der Waals surface area contributed by atoms with Crippen LogP contribution in [0, 0.1) is 6.92 Å². The first-order valence-electron chi connectivity index (χ1n) is 10.2. The van der Waals surface area contributed by atoms with Gasteiger partial charge < -0.3 is 4.74 Å². The Morgan fingerprint density at radius 3 is 3.07 bits per heavy atom. The number of likely N-dealkylation sites (tertiary alicyclic amines) is 1. The molecule has 0 N–H and O–H groups in total. The topological polar surface area (TPSA) is 68.4 Å². The number of nitrogens with zero attached hydrogens (tertiary/aromatic N) is 6. The summed E-state index contributed by atoms with van der Waals surface area (Å²) in [7, 11) is 1.69. The molecule has 1 atom stereocenters. The first-order valence-corrected chi connectivity index (χ1v) is 11.0. The Morgan fingerprint density at radius 1 is 1.23 bits per heavy atom. The maximum atomic E-state index is 5.34. The smallest absolute Gasteiger partial charge is 0.252 e. The molecule has 3 aromatic heterocycles. The van der Waals surface area contributed by atoms with Gasteiger partial charge in [-0.1, -0.05) is 12.1 Å². The van der Waals surface area contributed by atoms with Crippen LogP contribution in [0.25, 0.3) is 16.3 Å². The maximum Gasteiger partial charge on any atom is 0.252 e. The Labute approximate surface area is 179 Å². The summed E-state index contributed by atoms with van der Waals surface area (Å²) in [5.74, 6) is 1.97. The molecule has 1 saturated heterocycles. The molecule has 1 aromatic carbocycles. The highest BCUT2D eigenvalue weighted by molar-refractivity contribution is 7.15. The van der Waals surface area contributed by atoms with Crippen molar-refractivity contribution in [3.63, 3.8) is 0 Å². The number of hydrogen-bond donors (Lipinski definition) is 0. The van der Waals surface area contributed by atoms with Crippen molar-refractivity contribution in [1.82, 2.24) is 29.5 Å². The molecule has 7 nitrogen and oxygen atoms in total. The minimum atomic E-state index is 0.426. The molecule has 1 aliphatic rings. The molecule has 5 rings (SSSR count). The molecule has 30 heavy (non-hydrogen) atoms. The fourth-order valence-corrected chi connectivity index (χ4v) is 5.13. The predicted molar refractivity (Wildman–Crippen MR) is 117 cm³/mol. The average Bonchev–Trinajstić information content (AvgIpc) is 3.43. The van der Waals surface area contributed by atoms with Gasteiger partial charge in [-0.05, 0) is 44.5 Å². The van der Waals surface area contributed by atoms with Crippen molar-refractivity contribution in [3.8, 4) is 16.3 Å². The van der Waals surface area contributed by atoms with E-state index < -0.39 is 0 Å². The van der Waals surface area contributed by atoms with E-state index in [1.54, 1.807) is 24.8 Å². The number of fused-ring (bicyclic) bond motifs is 1. The van der Waals surface area contributed by atoms with Crippen LogP contribution in [0.2, 0.25) is 0 Å². The number of benzene rings is 1. The average molecular weight is 421 g/mol. The quantitative estimate of drug-likeness (QED) is 0.487. The predicted octanol–water partition coefficient (Wildman–Crippen LogP) is 3.94. The lowest BCUT2D eigenvalue weighted by Crippen LogP contribution is -2.34. The zero-order valence-corrected chi connectivity index (χ0v) is 18.0. The number of hydrogen-bond acceptors (Lipinski definition) is 7. The largest absolute Gasteiger partial charge is 0.497 e. The lowest BCUT2D eigenvalue weighted by Gasteiger charge is -2.32. The van der Waals surface area contributed by atoms with Gasteiger partial charge in [-0.15, -0.1) is 11.3 Å². The van der Waals surface area contributed by atoms with Crippen LogP contribution in [0.4, 0.5) is 0 Å². The zero-order chi connectivity index (χ0) is 20.5. The van der Waals surface area contributed by atoms with Gasteiger partial charge >= 0.3 is 0 Å². The number of thiazole rings is 1. The van der Waals surface area contributed by atoms with E-state index in [1.807, 2.05) is 35.8 Å². The molecule has 0 radical (unpaired) electrons. The molecular formula is C22H24N6OS. The molecule has 1 aliphatic heterocycles. The summed E-state index contributed by atoms with van der Waals surface area (Å²) in [6.07, 6.45) is 5.93. The minimum Gasteiger partial charge on any atom is -0.497 e. The van der Waals surface area contributed by atoms with Crippen LogP contribution < -0.4 is 4.74 Å². The van der Waals surface area contributed by atoms with E-state index in [1.165, 1.54) is 17.0 Å². The summed E-state index contributed by atoms with van der Waals surface area (Å²) in [6, 6.07) is 10.2. The lowest BCUT2D eigenvalue weighted by molar-refractivity contribution is 0.199. The summed E-state index contributed by atoms with van der Waals surface area (Å²) in [6.45, 7) is 5.05. The number of methoxy groups -OCH3 is 1. The second-order valence-corrected chi connectivity index (χ2v) is 8.85. The van der Waals surface area contributed by atoms with Gasteiger partial charge in [0.15, 0.2) is 0 Å². The van der Waals surface area contributed by atoms with Crippen molar-refractivity contribution in [1.29, 1.82) is 0 Å². The molecule has 4 aromatic rings. The highest BCUT2D eigenvalue weighted by Gasteiger charge is 2.25. The van der Waals surface area contributed by atoms with Crippen molar-refractivity contribution in [2.24, 2.45) is 0 Å². The molecular weight excluding hydrogens is 396 g/mol. The SMILES string of the molecule is COc1cccc(-c2ncc(CN3CCCC(c4cc(C)nc5ncnn45)C3)s2)c1. The van der Waals surface area contributed by atoms with Crippen LogP contribution in [-0.4, -0.2) is 49.7 Å². The van der Waals surface area contributed by atoms with Crippen molar-refractivity contribution < 1.29 is 4.74 Å². The third kappa shape index (κ3) is 3.80. The van der Waals surface area contributed by atoms with Crippen molar-refractivity contribution >= 4 is 17.1 Å². The van der Waals surface area contributed by atoms with Crippen LogP contribution >= 0.6 is 11.3 Å². The number of aromatic nitrogens is 5. The standard InChI is InChI=1S/C22H24N6OS/c1-15-9-20(28-22(26-15)24-14-25-28)17-6-4-8-27(12-17)13-19-11-23-21(30-19)16-5-3-7-18(10-16)29-2/h3,5,7,9-11,14,17H,4,6,8,12-13H2,1-2H3. The number of piperidine rings is 1. The fraction of sp³-hybridized carbons (Fsp3) is 0.364. The summed E-state index contributed by atoms with van der Waals surface area (Å²) in [5, 5.41) is 5.44. The molecule has 0 saturated carbocycles. The van der Waals surface area contributed by atoms with Crippen molar-refractivity contribution in [3.05, 3.63) is 59.1 Å². The normalized spacial score (nSPS) is 17.5. The number of aryl methyl sites for hydroxylation is 1. The Balaban J connectivity index is 1.32. The molecule has 0 bridgehead atoms. The summed E-state index contributed by atoms with van der Waals surface area (Å²) < 4.78 is 7.24. The van der Waals surface area contributed by atoms with Gasteiger partial charge in [-0.25, -0.2) is 14.5 Å². The molecule has 8 heteroatoms. The van der Waals surface area contributed by atoms with Crippen LogP contribution in [0.15, 0.2) is 42.9 Å². The third-order valence-corrected chi connectivity index (χ3v) is 6.61. The summed E-state index contributed by atoms with van der Waals surface area (Å²) in [5.41, 5.74) is 3.30. The monoisotopic (exact) mass is 420 g/mol. The van der Waals surface area contributed by atoms with E-state index in [2.05, 4.69) is 37.1 Å². The van der Waals surface area contributed by atoms with Gasteiger partial charge in [0.05, 0.1) is 12.8 Å². The Hall–Kier alpha value is -2.84. The van der Waals surface area contributed by atoms with Gasteiger partial charge in [0.1, 0.15) is 17.1 Å². The Kier molecular flexibility index (Phi) is 5.18. The van der Waals surface area contributed by atoms with Gasteiger partial charge in [-0.3, -0.25) is 4.90 Å². The zero-order valence-electron chi connectivity index (χ0n) is 17.2. The maximum absolute atomic E-state index is 5.34. The molecule has 0 amide bonds. The van der Waals surface area contributed by atoms with Crippen LogP contribution in [0.3, 0.4) is 0 Å². The van der Waals surface area contributed by atoms with E-state index in [0.717, 1.165) is 48.1 Å².